The van der Waals surface area contributed by atoms with Crippen molar-refractivity contribution in [1.82, 2.24) is 14.8 Å². The number of aromatic nitrogens is 3. The Morgan fingerprint density at radius 1 is 1.16 bits per heavy atom. The summed E-state index contributed by atoms with van der Waals surface area (Å²) in [6, 6.07) is 13.2. The molecule has 5 nitrogen and oxygen atoms in total. The Kier molecular flexibility index (Phi) is 5.09. The van der Waals surface area contributed by atoms with Crippen molar-refractivity contribution in [2.24, 2.45) is 0 Å². The molecule has 25 heavy (non-hydrogen) atoms. The van der Waals surface area contributed by atoms with Crippen LogP contribution in [0.3, 0.4) is 0 Å². The van der Waals surface area contributed by atoms with E-state index in [1.165, 1.54) is 16.8 Å². The molecule has 0 saturated heterocycles. The van der Waals surface area contributed by atoms with E-state index in [1.807, 2.05) is 0 Å². The molecular formula is C18H16ClFN4O. The summed E-state index contributed by atoms with van der Waals surface area (Å²) in [7, 11) is 0. The van der Waals surface area contributed by atoms with Gasteiger partial charge in [0.25, 0.3) is 0 Å². The number of anilines is 1. The van der Waals surface area contributed by atoms with Crippen molar-refractivity contribution in [1.29, 1.82) is 0 Å². The minimum Gasteiger partial charge on any atom is -0.350 e. The molecule has 0 unspecified atom stereocenters. The van der Waals surface area contributed by atoms with Gasteiger partial charge in [0.15, 0.2) is 5.82 Å². The lowest BCUT2D eigenvalue weighted by atomic mass is 10.2. The third-order valence-corrected chi connectivity index (χ3v) is 3.86. The van der Waals surface area contributed by atoms with E-state index in [-0.39, 0.29) is 11.7 Å². The zero-order chi connectivity index (χ0) is 17.8. The van der Waals surface area contributed by atoms with Crippen molar-refractivity contribution in [3.63, 3.8) is 0 Å². The first-order valence-corrected chi connectivity index (χ1v) is 8.19. The number of nitrogens with one attached hydrogen (secondary N) is 1. The molecule has 7 heteroatoms. The molecule has 0 aliphatic heterocycles. The predicted molar refractivity (Wildman–Crippen MR) is 95.1 cm³/mol. The van der Waals surface area contributed by atoms with Gasteiger partial charge in [0.1, 0.15) is 5.82 Å². The first-order chi connectivity index (χ1) is 12.1. The van der Waals surface area contributed by atoms with E-state index >= 15 is 0 Å². The number of carbonyl (C=O) groups excluding carboxylic acids is 1. The largest absolute Gasteiger partial charge is 0.350 e. The maximum atomic E-state index is 13.0. The maximum absolute atomic E-state index is 13.0. The van der Waals surface area contributed by atoms with E-state index in [2.05, 4.69) is 15.4 Å². The fourth-order valence-corrected chi connectivity index (χ4v) is 2.38. The Hall–Kier alpha value is -2.73. The number of hydrogen-bond acceptors (Lipinski definition) is 4. The summed E-state index contributed by atoms with van der Waals surface area (Å²) in [6.45, 7) is 2.16. The summed E-state index contributed by atoms with van der Waals surface area (Å²) in [4.78, 5) is 16.6. The van der Waals surface area contributed by atoms with Crippen molar-refractivity contribution < 1.29 is 9.18 Å². The van der Waals surface area contributed by atoms with Crippen molar-refractivity contribution in [3.05, 3.63) is 64.9 Å². The van der Waals surface area contributed by atoms with Crippen LogP contribution in [0.1, 0.15) is 23.7 Å². The zero-order valence-electron chi connectivity index (χ0n) is 13.5. The molecule has 1 N–H and O–H groups in total. The third kappa shape index (κ3) is 4.03. The smallest absolute Gasteiger partial charge is 0.249 e. The lowest BCUT2D eigenvalue weighted by Gasteiger charge is -2.06. The van der Waals surface area contributed by atoms with Gasteiger partial charge in [-0.15, -0.1) is 5.10 Å². The van der Waals surface area contributed by atoms with Gasteiger partial charge in [0.2, 0.25) is 11.9 Å². The SMILES string of the molecule is CCC(=O)n1nc(-c2ccc(Cl)cc2)nc1NCc1ccc(F)cc1. The Bertz CT molecular complexity index is 875. The van der Waals surface area contributed by atoms with Gasteiger partial charge in [0.05, 0.1) is 0 Å². The molecule has 3 aromatic rings. The summed E-state index contributed by atoms with van der Waals surface area (Å²) >= 11 is 5.90. The first-order valence-electron chi connectivity index (χ1n) is 7.81. The molecule has 0 fully saturated rings. The molecule has 1 aromatic heterocycles. The normalized spacial score (nSPS) is 10.7. The molecular weight excluding hydrogens is 343 g/mol. The van der Waals surface area contributed by atoms with Crippen LogP contribution in [-0.4, -0.2) is 20.7 Å². The zero-order valence-corrected chi connectivity index (χ0v) is 14.3. The van der Waals surface area contributed by atoms with Crippen LogP contribution in [0.5, 0.6) is 0 Å². The number of rotatable bonds is 5. The van der Waals surface area contributed by atoms with Crippen LogP contribution in [0.2, 0.25) is 5.02 Å². The van der Waals surface area contributed by atoms with Crippen LogP contribution >= 0.6 is 11.6 Å². The van der Waals surface area contributed by atoms with Crippen LogP contribution in [0.25, 0.3) is 11.4 Å². The lowest BCUT2D eigenvalue weighted by molar-refractivity contribution is 0.0895. The van der Waals surface area contributed by atoms with Gasteiger partial charge in [-0.25, -0.2) is 4.39 Å². The van der Waals surface area contributed by atoms with E-state index in [4.69, 9.17) is 11.6 Å². The van der Waals surface area contributed by atoms with Crippen molar-refractivity contribution in [2.75, 3.05) is 5.32 Å². The molecule has 128 valence electrons. The summed E-state index contributed by atoms with van der Waals surface area (Å²) in [6.07, 6.45) is 0.300. The summed E-state index contributed by atoms with van der Waals surface area (Å²) in [5.41, 5.74) is 1.63. The monoisotopic (exact) mass is 358 g/mol. The van der Waals surface area contributed by atoms with Crippen LogP contribution in [0.4, 0.5) is 10.3 Å². The van der Waals surface area contributed by atoms with Crippen LogP contribution in [0, 0.1) is 5.82 Å². The highest BCUT2D eigenvalue weighted by atomic mass is 35.5. The van der Waals surface area contributed by atoms with Crippen molar-refractivity contribution in [3.8, 4) is 11.4 Å². The Morgan fingerprint density at radius 3 is 2.48 bits per heavy atom. The number of halogens is 2. The van der Waals surface area contributed by atoms with Gasteiger partial charge in [-0.2, -0.15) is 9.67 Å². The van der Waals surface area contributed by atoms with Gasteiger partial charge in [-0.1, -0.05) is 30.7 Å². The Morgan fingerprint density at radius 2 is 1.84 bits per heavy atom. The van der Waals surface area contributed by atoms with Crippen molar-refractivity contribution in [2.45, 2.75) is 19.9 Å². The number of hydrogen-bond donors (Lipinski definition) is 1. The molecule has 0 aliphatic carbocycles. The summed E-state index contributed by atoms with van der Waals surface area (Å²) in [5, 5.41) is 8.00. The second kappa shape index (κ2) is 7.44. The van der Waals surface area contributed by atoms with E-state index in [1.54, 1.807) is 43.3 Å². The van der Waals surface area contributed by atoms with E-state index in [9.17, 15) is 9.18 Å². The Balaban J connectivity index is 1.87. The molecule has 0 aliphatic rings. The first kappa shape index (κ1) is 17.1. The van der Waals surface area contributed by atoms with Crippen LogP contribution in [0.15, 0.2) is 48.5 Å². The average molecular weight is 359 g/mol. The molecule has 0 bridgehead atoms. The van der Waals surface area contributed by atoms with E-state index in [0.717, 1.165) is 11.1 Å². The highest BCUT2D eigenvalue weighted by Crippen LogP contribution is 2.21. The molecule has 0 atom stereocenters. The van der Waals surface area contributed by atoms with Gasteiger partial charge >= 0.3 is 0 Å². The van der Waals surface area contributed by atoms with E-state index < -0.39 is 0 Å². The topological polar surface area (TPSA) is 59.8 Å². The van der Waals surface area contributed by atoms with Gasteiger partial charge in [0, 0.05) is 23.6 Å². The maximum Gasteiger partial charge on any atom is 0.249 e. The van der Waals surface area contributed by atoms with E-state index in [0.29, 0.717) is 29.8 Å². The highest BCUT2D eigenvalue weighted by molar-refractivity contribution is 6.30. The number of benzene rings is 2. The van der Waals surface area contributed by atoms with Crippen molar-refractivity contribution >= 4 is 23.5 Å². The quantitative estimate of drug-likeness (QED) is 0.734. The third-order valence-electron chi connectivity index (χ3n) is 3.61. The molecule has 1 heterocycles. The standard InChI is InChI=1S/C18H16ClFN4O/c1-2-16(25)24-18(21-11-12-3-9-15(20)10-4-12)22-17(23-24)13-5-7-14(19)8-6-13/h3-10H,2,11H2,1H3,(H,21,22,23). The predicted octanol–water partition coefficient (Wildman–Crippen LogP) is 4.40. The van der Waals surface area contributed by atoms with Gasteiger partial charge < -0.3 is 5.32 Å². The Labute approximate surface area is 149 Å². The fraction of sp³-hybridized carbons (Fsp3) is 0.167. The lowest BCUT2D eigenvalue weighted by Crippen LogP contribution is -2.15. The van der Waals surface area contributed by atoms with Crippen LogP contribution < -0.4 is 5.32 Å². The average Bonchev–Trinajstić information content (AvgIpc) is 3.05. The van der Waals surface area contributed by atoms with Crippen LogP contribution in [-0.2, 0) is 6.54 Å². The molecule has 0 spiro atoms. The molecule has 3 rings (SSSR count). The summed E-state index contributed by atoms with van der Waals surface area (Å²) < 4.78 is 14.2. The summed E-state index contributed by atoms with van der Waals surface area (Å²) in [5.74, 6) is 0.314. The molecule has 0 radical (unpaired) electrons. The van der Waals surface area contributed by atoms with Gasteiger partial charge in [-0.05, 0) is 42.0 Å². The second-order valence-corrected chi connectivity index (χ2v) is 5.84. The second-order valence-electron chi connectivity index (χ2n) is 5.41. The molecule has 0 amide bonds. The number of nitrogens with zero attached hydrogens (tertiary/aromatic N) is 3. The molecule has 2 aromatic carbocycles. The number of carbonyl (C=O) groups is 1. The molecule has 0 saturated carbocycles. The highest BCUT2D eigenvalue weighted by Gasteiger charge is 2.16. The fourth-order valence-electron chi connectivity index (χ4n) is 2.25. The minimum absolute atomic E-state index is 0.172. The minimum atomic E-state index is -0.293. The van der Waals surface area contributed by atoms with Gasteiger partial charge in [-0.3, -0.25) is 4.79 Å².